The molecular formula is C13H17N5OS. The van der Waals surface area contributed by atoms with Crippen LogP contribution in [0.1, 0.15) is 13.8 Å². The summed E-state index contributed by atoms with van der Waals surface area (Å²) < 4.78 is 0. The van der Waals surface area contributed by atoms with Crippen molar-refractivity contribution in [3.05, 3.63) is 30.6 Å². The number of carbonyl (C=O) groups excluding carboxylic acids is 1. The number of aromatic amines is 1. The fourth-order valence-corrected chi connectivity index (χ4v) is 2.16. The van der Waals surface area contributed by atoms with Crippen LogP contribution in [0.3, 0.4) is 0 Å². The average molecular weight is 291 g/mol. The number of carbonyl (C=O) groups is 1. The fraction of sp³-hybridized carbons (Fsp3) is 0.308. The lowest BCUT2D eigenvalue weighted by atomic mass is 10.3. The first-order chi connectivity index (χ1) is 9.63. The molecule has 0 saturated carbocycles. The lowest BCUT2D eigenvalue weighted by Crippen LogP contribution is -2.32. The first-order valence-corrected chi connectivity index (χ1v) is 7.11. The topological polar surface area (TPSA) is 82.7 Å². The Balaban J connectivity index is 1.86. The van der Waals surface area contributed by atoms with E-state index < -0.39 is 0 Å². The average Bonchev–Trinajstić information content (AvgIpc) is 2.92. The molecule has 3 N–H and O–H groups in total. The number of aromatic nitrogens is 3. The Morgan fingerprint density at radius 3 is 2.70 bits per heavy atom. The molecule has 0 radical (unpaired) electrons. The molecular weight excluding hydrogens is 274 g/mol. The van der Waals surface area contributed by atoms with Gasteiger partial charge in [0.05, 0.1) is 6.54 Å². The monoisotopic (exact) mass is 291 g/mol. The predicted octanol–water partition coefficient (Wildman–Crippen LogP) is 1.89. The first-order valence-electron chi connectivity index (χ1n) is 6.30. The summed E-state index contributed by atoms with van der Waals surface area (Å²) in [6.45, 7) is 4.32. The quantitative estimate of drug-likeness (QED) is 0.757. The zero-order chi connectivity index (χ0) is 14.4. The number of amides is 1. The second-order valence-electron chi connectivity index (χ2n) is 4.50. The molecule has 0 fully saturated rings. The van der Waals surface area contributed by atoms with Crippen LogP contribution in [0.25, 0.3) is 0 Å². The van der Waals surface area contributed by atoms with Crippen molar-refractivity contribution in [2.45, 2.75) is 29.9 Å². The number of hydrogen-bond donors (Lipinski definition) is 3. The van der Waals surface area contributed by atoms with Gasteiger partial charge in [0.2, 0.25) is 5.91 Å². The Kier molecular flexibility index (Phi) is 5.14. The van der Waals surface area contributed by atoms with Crippen LogP contribution in [0, 0.1) is 0 Å². The highest BCUT2D eigenvalue weighted by molar-refractivity contribution is 7.99. The van der Waals surface area contributed by atoms with Gasteiger partial charge in [0.15, 0.2) is 5.16 Å². The van der Waals surface area contributed by atoms with Gasteiger partial charge >= 0.3 is 0 Å². The highest BCUT2D eigenvalue weighted by Gasteiger charge is 2.04. The fourth-order valence-electron chi connectivity index (χ4n) is 1.46. The standard InChI is InChI=1S/C13H17N5OS/c1-9(2)14-7-12(19)17-10-3-5-11(6-4-10)20-13-15-8-16-18-13/h3-6,8-9,14H,7H2,1-2H3,(H,17,19)(H,15,16,18). The van der Waals surface area contributed by atoms with E-state index in [1.54, 1.807) is 0 Å². The van der Waals surface area contributed by atoms with Crippen molar-refractivity contribution in [2.24, 2.45) is 0 Å². The molecule has 0 saturated heterocycles. The summed E-state index contributed by atoms with van der Waals surface area (Å²) in [7, 11) is 0. The van der Waals surface area contributed by atoms with Crippen LogP contribution < -0.4 is 10.6 Å². The Morgan fingerprint density at radius 2 is 2.10 bits per heavy atom. The zero-order valence-electron chi connectivity index (χ0n) is 11.4. The van der Waals surface area contributed by atoms with E-state index in [4.69, 9.17) is 0 Å². The maximum Gasteiger partial charge on any atom is 0.238 e. The normalized spacial score (nSPS) is 10.8. The van der Waals surface area contributed by atoms with E-state index >= 15 is 0 Å². The summed E-state index contributed by atoms with van der Waals surface area (Å²) >= 11 is 1.48. The summed E-state index contributed by atoms with van der Waals surface area (Å²) in [5.41, 5.74) is 0.780. The van der Waals surface area contributed by atoms with Gasteiger partial charge in [-0.1, -0.05) is 25.6 Å². The van der Waals surface area contributed by atoms with Crippen molar-refractivity contribution < 1.29 is 4.79 Å². The number of nitrogens with one attached hydrogen (secondary N) is 3. The SMILES string of the molecule is CC(C)NCC(=O)Nc1ccc(Sc2ncn[nH]2)cc1. The molecule has 2 aromatic rings. The predicted molar refractivity (Wildman–Crippen MR) is 78.7 cm³/mol. The minimum atomic E-state index is -0.0469. The molecule has 2 rings (SSSR count). The van der Waals surface area contributed by atoms with Crippen molar-refractivity contribution in [3.8, 4) is 0 Å². The molecule has 1 aromatic carbocycles. The third-order valence-corrected chi connectivity index (χ3v) is 3.31. The lowest BCUT2D eigenvalue weighted by Gasteiger charge is -2.09. The van der Waals surface area contributed by atoms with E-state index in [0.717, 1.165) is 15.7 Å². The minimum absolute atomic E-state index is 0.0469. The molecule has 0 atom stereocenters. The Labute approximate surface area is 121 Å². The number of rotatable bonds is 6. The van der Waals surface area contributed by atoms with E-state index in [2.05, 4.69) is 25.8 Å². The van der Waals surface area contributed by atoms with Gasteiger partial charge in [0.1, 0.15) is 6.33 Å². The zero-order valence-corrected chi connectivity index (χ0v) is 12.2. The number of hydrogen-bond acceptors (Lipinski definition) is 5. The highest BCUT2D eigenvalue weighted by Crippen LogP contribution is 2.24. The summed E-state index contributed by atoms with van der Waals surface area (Å²) in [5.74, 6) is -0.0469. The molecule has 0 spiro atoms. The van der Waals surface area contributed by atoms with Gasteiger partial charge < -0.3 is 10.6 Å². The van der Waals surface area contributed by atoms with Gasteiger partial charge in [-0.15, -0.1) is 0 Å². The summed E-state index contributed by atoms with van der Waals surface area (Å²) in [6, 6.07) is 7.89. The molecule has 0 aliphatic carbocycles. The molecule has 20 heavy (non-hydrogen) atoms. The largest absolute Gasteiger partial charge is 0.325 e. The highest BCUT2D eigenvalue weighted by atomic mass is 32.2. The van der Waals surface area contributed by atoms with Crippen LogP contribution in [0.2, 0.25) is 0 Å². The molecule has 1 heterocycles. The Bertz CT molecular complexity index is 538. The van der Waals surface area contributed by atoms with Gasteiger partial charge in [0.25, 0.3) is 0 Å². The van der Waals surface area contributed by atoms with Crippen molar-refractivity contribution in [2.75, 3.05) is 11.9 Å². The van der Waals surface area contributed by atoms with Gasteiger partial charge in [-0.05, 0) is 24.3 Å². The first kappa shape index (κ1) is 14.5. The number of nitrogens with zero attached hydrogens (tertiary/aromatic N) is 2. The van der Waals surface area contributed by atoms with E-state index in [1.807, 2.05) is 38.1 Å². The van der Waals surface area contributed by atoms with E-state index in [0.29, 0.717) is 12.6 Å². The van der Waals surface area contributed by atoms with Crippen LogP contribution in [-0.2, 0) is 4.79 Å². The van der Waals surface area contributed by atoms with Gasteiger partial charge in [-0.25, -0.2) is 4.98 Å². The summed E-state index contributed by atoms with van der Waals surface area (Å²) in [4.78, 5) is 16.7. The van der Waals surface area contributed by atoms with Crippen LogP contribution in [0.15, 0.2) is 40.6 Å². The van der Waals surface area contributed by atoms with Crippen LogP contribution in [-0.4, -0.2) is 33.7 Å². The third-order valence-electron chi connectivity index (χ3n) is 2.42. The molecule has 0 aliphatic heterocycles. The molecule has 0 aliphatic rings. The smallest absolute Gasteiger partial charge is 0.238 e. The molecule has 106 valence electrons. The van der Waals surface area contributed by atoms with Crippen LogP contribution in [0.5, 0.6) is 0 Å². The molecule has 0 bridgehead atoms. The van der Waals surface area contributed by atoms with Crippen LogP contribution in [0.4, 0.5) is 5.69 Å². The lowest BCUT2D eigenvalue weighted by molar-refractivity contribution is -0.115. The van der Waals surface area contributed by atoms with Gasteiger partial charge in [-0.2, -0.15) is 5.10 Å². The number of H-pyrrole nitrogens is 1. The Hall–Kier alpha value is -1.86. The molecule has 6 nitrogen and oxygen atoms in total. The van der Waals surface area contributed by atoms with Gasteiger partial charge in [-0.3, -0.25) is 9.89 Å². The van der Waals surface area contributed by atoms with Crippen molar-refractivity contribution >= 4 is 23.4 Å². The number of anilines is 1. The molecule has 0 unspecified atom stereocenters. The van der Waals surface area contributed by atoms with Crippen molar-refractivity contribution in [3.63, 3.8) is 0 Å². The van der Waals surface area contributed by atoms with E-state index in [1.165, 1.54) is 18.1 Å². The van der Waals surface area contributed by atoms with Gasteiger partial charge in [0, 0.05) is 16.6 Å². The second-order valence-corrected chi connectivity index (χ2v) is 5.56. The Morgan fingerprint density at radius 1 is 1.35 bits per heavy atom. The van der Waals surface area contributed by atoms with Crippen LogP contribution >= 0.6 is 11.8 Å². The van der Waals surface area contributed by atoms with E-state index in [9.17, 15) is 4.79 Å². The summed E-state index contributed by atoms with van der Waals surface area (Å²) in [5, 5.41) is 13.2. The van der Waals surface area contributed by atoms with Crippen molar-refractivity contribution in [1.82, 2.24) is 20.5 Å². The summed E-state index contributed by atoms with van der Waals surface area (Å²) in [6.07, 6.45) is 1.47. The number of benzene rings is 1. The minimum Gasteiger partial charge on any atom is -0.325 e. The van der Waals surface area contributed by atoms with Crippen molar-refractivity contribution in [1.29, 1.82) is 0 Å². The molecule has 1 amide bonds. The second kappa shape index (κ2) is 7.06. The van der Waals surface area contributed by atoms with E-state index in [-0.39, 0.29) is 5.91 Å². The maximum absolute atomic E-state index is 11.7. The molecule has 7 heteroatoms. The molecule has 1 aromatic heterocycles. The third kappa shape index (κ3) is 4.67. The maximum atomic E-state index is 11.7.